The number of nitrogens with zero attached hydrogens (tertiary/aromatic N) is 2. The maximum absolute atomic E-state index is 13.3. The van der Waals surface area contributed by atoms with Crippen LogP contribution < -0.4 is 0 Å². The third-order valence-electron chi connectivity index (χ3n) is 4.06. The van der Waals surface area contributed by atoms with E-state index in [1.165, 1.54) is 3.97 Å². The molecule has 2 aromatic heterocycles. The lowest BCUT2D eigenvalue weighted by Gasteiger charge is -2.10. The normalized spacial score (nSPS) is 11.9. The van der Waals surface area contributed by atoms with E-state index in [0.29, 0.717) is 23.3 Å². The van der Waals surface area contributed by atoms with E-state index in [2.05, 4.69) is 4.98 Å². The molecule has 25 heavy (non-hydrogen) atoms. The Bertz CT molecular complexity index is 1130. The number of thiophene rings is 1. The molecule has 4 nitrogen and oxygen atoms in total. The lowest BCUT2D eigenvalue weighted by Crippen LogP contribution is -2.16. The van der Waals surface area contributed by atoms with Crippen LogP contribution in [0.25, 0.3) is 11.0 Å². The van der Waals surface area contributed by atoms with Gasteiger partial charge in [-0.2, -0.15) is 0 Å². The van der Waals surface area contributed by atoms with Gasteiger partial charge < -0.3 is 0 Å². The maximum Gasteiger partial charge on any atom is 0.269 e. The van der Waals surface area contributed by atoms with Gasteiger partial charge in [0.25, 0.3) is 10.0 Å². The van der Waals surface area contributed by atoms with Crippen molar-refractivity contribution in [2.24, 2.45) is 0 Å². The Morgan fingerprint density at radius 1 is 1.00 bits per heavy atom. The van der Waals surface area contributed by atoms with Crippen molar-refractivity contribution in [2.45, 2.75) is 18.2 Å². The molecule has 0 atom stereocenters. The van der Waals surface area contributed by atoms with E-state index in [4.69, 9.17) is 0 Å². The van der Waals surface area contributed by atoms with Crippen LogP contribution in [0, 0.1) is 6.92 Å². The maximum atomic E-state index is 13.3. The minimum atomic E-state index is -3.71. The smallest absolute Gasteiger partial charge is 0.232 e. The summed E-state index contributed by atoms with van der Waals surface area (Å²) in [7, 11) is -3.71. The van der Waals surface area contributed by atoms with Gasteiger partial charge in [-0.05, 0) is 42.6 Å². The molecule has 6 heteroatoms. The molecule has 2 aromatic carbocycles. The number of benzene rings is 2. The summed E-state index contributed by atoms with van der Waals surface area (Å²) in [6.07, 6.45) is 0.484. The van der Waals surface area contributed by atoms with Crippen molar-refractivity contribution in [1.29, 1.82) is 0 Å². The third-order valence-corrected chi connectivity index (χ3v) is 6.69. The molecule has 0 fully saturated rings. The zero-order valence-corrected chi connectivity index (χ0v) is 15.2. The summed E-state index contributed by atoms with van der Waals surface area (Å²) in [6, 6.07) is 18.2. The van der Waals surface area contributed by atoms with E-state index in [1.807, 2.05) is 54.8 Å². The molecule has 0 bridgehead atoms. The summed E-state index contributed by atoms with van der Waals surface area (Å²) in [4.78, 5) is 5.94. The molecule has 0 aliphatic rings. The zero-order valence-electron chi connectivity index (χ0n) is 13.6. The van der Waals surface area contributed by atoms with E-state index < -0.39 is 10.0 Å². The predicted molar refractivity (Wildman–Crippen MR) is 101 cm³/mol. The predicted octanol–water partition coefficient (Wildman–Crippen LogP) is 4.23. The second kappa shape index (κ2) is 6.13. The number of imidazole rings is 1. The van der Waals surface area contributed by atoms with Crippen LogP contribution >= 0.6 is 11.3 Å². The first kappa shape index (κ1) is 16.1. The molecule has 0 saturated heterocycles. The fraction of sp³-hybridized carbons (Fsp3) is 0.105. The number of aryl methyl sites for hydroxylation is 1. The first-order valence-corrected chi connectivity index (χ1v) is 10.2. The lowest BCUT2D eigenvalue weighted by atomic mass is 10.2. The van der Waals surface area contributed by atoms with Gasteiger partial charge in [0.2, 0.25) is 0 Å². The van der Waals surface area contributed by atoms with Gasteiger partial charge in [-0.25, -0.2) is 17.4 Å². The number of fused-ring (bicyclic) bond motifs is 1. The molecule has 4 aromatic rings. The van der Waals surface area contributed by atoms with Crippen molar-refractivity contribution in [3.05, 3.63) is 82.3 Å². The summed E-state index contributed by atoms with van der Waals surface area (Å²) in [5.74, 6) is 0.532. The number of aromatic nitrogens is 2. The standard InChI is InChI=1S/C19H16N2O2S2/c1-14-8-10-16(11-9-14)25(22,23)21-18-7-3-2-6-17(18)20-19(21)13-15-5-4-12-24-15/h2-12H,13H2,1H3. The van der Waals surface area contributed by atoms with E-state index in [9.17, 15) is 8.42 Å². The van der Waals surface area contributed by atoms with Crippen LogP contribution in [0.5, 0.6) is 0 Å². The van der Waals surface area contributed by atoms with E-state index in [0.717, 1.165) is 10.4 Å². The quantitative estimate of drug-likeness (QED) is 0.541. The Hall–Kier alpha value is -2.44. The van der Waals surface area contributed by atoms with Crippen LogP contribution in [0.2, 0.25) is 0 Å². The van der Waals surface area contributed by atoms with Crippen molar-refractivity contribution < 1.29 is 8.42 Å². The minimum absolute atomic E-state index is 0.272. The molecule has 126 valence electrons. The molecular weight excluding hydrogens is 352 g/mol. The molecule has 2 heterocycles. The highest BCUT2D eigenvalue weighted by Gasteiger charge is 2.24. The highest BCUT2D eigenvalue weighted by Crippen LogP contribution is 2.26. The average Bonchev–Trinajstić information content (AvgIpc) is 3.22. The molecule has 0 saturated carbocycles. The van der Waals surface area contributed by atoms with E-state index in [-0.39, 0.29) is 4.90 Å². The van der Waals surface area contributed by atoms with Gasteiger partial charge in [-0.1, -0.05) is 35.9 Å². The van der Waals surface area contributed by atoms with Gasteiger partial charge in [0.1, 0.15) is 5.82 Å². The molecule has 0 aliphatic carbocycles. The Kier molecular flexibility index (Phi) is 3.94. The Morgan fingerprint density at radius 3 is 2.48 bits per heavy atom. The minimum Gasteiger partial charge on any atom is -0.232 e. The van der Waals surface area contributed by atoms with Crippen molar-refractivity contribution in [3.63, 3.8) is 0 Å². The van der Waals surface area contributed by atoms with Gasteiger partial charge >= 0.3 is 0 Å². The molecule has 0 amide bonds. The highest BCUT2D eigenvalue weighted by atomic mass is 32.2. The summed E-state index contributed by atoms with van der Waals surface area (Å²) in [5, 5.41) is 1.98. The van der Waals surface area contributed by atoms with Crippen molar-refractivity contribution in [1.82, 2.24) is 8.96 Å². The molecule has 0 spiro atoms. The second-order valence-electron chi connectivity index (χ2n) is 5.86. The summed E-state index contributed by atoms with van der Waals surface area (Å²) in [6.45, 7) is 1.94. The summed E-state index contributed by atoms with van der Waals surface area (Å²) >= 11 is 1.60. The first-order chi connectivity index (χ1) is 12.1. The number of para-hydroxylation sites is 2. The summed E-state index contributed by atoms with van der Waals surface area (Å²) < 4.78 is 28.0. The number of rotatable bonds is 4. The number of hydrogen-bond donors (Lipinski definition) is 0. The molecule has 0 unspecified atom stereocenters. The van der Waals surface area contributed by atoms with Crippen LogP contribution in [0.3, 0.4) is 0 Å². The SMILES string of the molecule is Cc1ccc(S(=O)(=O)n2c(Cc3cccs3)nc3ccccc32)cc1. The largest absolute Gasteiger partial charge is 0.269 e. The van der Waals surface area contributed by atoms with Crippen LogP contribution in [-0.4, -0.2) is 17.4 Å². The van der Waals surface area contributed by atoms with Crippen LogP contribution in [0.15, 0.2) is 70.9 Å². The van der Waals surface area contributed by atoms with E-state index in [1.54, 1.807) is 29.5 Å². The van der Waals surface area contributed by atoms with Crippen molar-refractivity contribution >= 4 is 32.4 Å². The van der Waals surface area contributed by atoms with Gasteiger partial charge in [0, 0.05) is 11.3 Å². The Morgan fingerprint density at radius 2 is 1.76 bits per heavy atom. The average molecular weight is 368 g/mol. The van der Waals surface area contributed by atoms with Gasteiger partial charge in [-0.15, -0.1) is 11.3 Å². The number of hydrogen-bond acceptors (Lipinski definition) is 4. The van der Waals surface area contributed by atoms with Crippen molar-refractivity contribution in [3.8, 4) is 0 Å². The molecule has 0 radical (unpaired) electrons. The Balaban J connectivity index is 1.94. The molecule has 0 N–H and O–H groups in total. The second-order valence-corrected chi connectivity index (χ2v) is 8.67. The highest BCUT2D eigenvalue weighted by molar-refractivity contribution is 7.90. The van der Waals surface area contributed by atoms with E-state index >= 15 is 0 Å². The Labute approximate surface area is 150 Å². The lowest BCUT2D eigenvalue weighted by molar-refractivity contribution is 0.586. The zero-order chi connectivity index (χ0) is 17.4. The fourth-order valence-electron chi connectivity index (χ4n) is 2.82. The fourth-order valence-corrected chi connectivity index (χ4v) is 5.01. The van der Waals surface area contributed by atoms with Crippen LogP contribution in [0.1, 0.15) is 16.3 Å². The topological polar surface area (TPSA) is 52.0 Å². The van der Waals surface area contributed by atoms with Gasteiger partial charge in [0.05, 0.1) is 15.9 Å². The molecule has 0 aliphatic heterocycles. The first-order valence-electron chi connectivity index (χ1n) is 7.87. The van der Waals surface area contributed by atoms with Crippen LogP contribution in [-0.2, 0) is 16.4 Å². The van der Waals surface area contributed by atoms with Gasteiger partial charge in [0.15, 0.2) is 0 Å². The third kappa shape index (κ3) is 2.88. The molecule has 4 rings (SSSR count). The molecular formula is C19H16N2O2S2. The monoisotopic (exact) mass is 368 g/mol. The summed E-state index contributed by atoms with van der Waals surface area (Å²) in [5.41, 5.74) is 2.31. The van der Waals surface area contributed by atoms with Gasteiger partial charge in [-0.3, -0.25) is 0 Å². The van der Waals surface area contributed by atoms with Crippen LogP contribution in [0.4, 0.5) is 0 Å². The van der Waals surface area contributed by atoms with Crippen molar-refractivity contribution in [2.75, 3.05) is 0 Å².